The molecule has 0 aliphatic heterocycles. The molecule has 10 nitrogen and oxygen atoms in total. The summed E-state index contributed by atoms with van der Waals surface area (Å²) in [6.45, 7) is 4.07. The van der Waals surface area contributed by atoms with Crippen LogP contribution < -0.4 is 0 Å². The summed E-state index contributed by atoms with van der Waals surface area (Å²) in [4.78, 5) is 35.2. The molecule has 2 N–H and O–H groups in total. The van der Waals surface area contributed by atoms with Crippen LogP contribution in [-0.4, -0.2) is 86.1 Å². The van der Waals surface area contributed by atoms with Crippen LogP contribution in [0.1, 0.15) is 136 Å². The Hall–Kier alpha value is -2.33. The number of carbonyl (C=O) groups excluding carboxylic acids is 2. The van der Waals surface area contributed by atoms with Crippen LogP contribution in [0.3, 0.4) is 0 Å². The zero-order valence-electron chi connectivity index (χ0n) is 33.8. The second-order valence-electron chi connectivity index (χ2n) is 14.5. The van der Waals surface area contributed by atoms with Gasteiger partial charge in [0.2, 0.25) is 0 Å². The van der Waals surface area contributed by atoms with Crippen LogP contribution in [-0.2, 0) is 32.7 Å². The van der Waals surface area contributed by atoms with E-state index in [0.29, 0.717) is 30.3 Å². The number of ether oxygens (including phenoxy) is 2. The molecule has 11 heteroatoms. The van der Waals surface area contributed by atoms with Crippen molar-refractivity contribution in [3.05, 3.63) is 60.8 Å². The summed E-state index contributed by atoms with van der Waals surface area (Å²) in [7, 11) is 1.41. The zero-order valence-corrected chi connectivity index (χ0v) is 34.7. The van der Waals surface area contributed by atoms with Gasteiger partial charge in [-0.1, -0.05) is 113 Å². The Morgan fingerprint density at radius 2 is 1.21 bits per heavy atom. The Balaban J connectivity index is 4.53. The number of nitrogens with zero attached hydrogens (tertiary/aromatic N) is 1. The summed E-state index contributed by atoms with van der Waals surface area (Å²) in [6.07, 6.45) is 36.3. The summed E-state index contributed by atoms with van der Waals surface area (Å²) in [6, 6.07) is 0. The molecule has 0 bridgehead atoms. The number of unbranched alkanes of at least 4 members (excludes halogenated alkanes) is 8. The van der Waals surface area contributed by atoms with E-state index in [2.05, 4.69) is 62.5 Å². The Bertz CT molecular complexity index is 1110. The van der Waals surface area contributed by atoms with E-state index in [-0.39, 0.29) is 32.2 Å². The molecule has 0 aliphatic carbocycles. The first-order chi connectivity index (χ1) is 25.4. The molecule has 306 valence electrons. The van der Waals surface area contributed by atoms with Crippen LogP contribution in [0.25, 0.3) is 0 Å². The lowest BCUT2D eigenvalue weighted by Gasteiger charge is -2.24. The Labute approximate surface area is 322 Å². The summed E-state index contributed by atoms with van der Waals surface area (Å²) < 4.78 is 34.1. The topological polar surface area (TPSA) is 129 Å². The summed E-state index contributed by atoms with van der Waals surface area (Å²) >= 11 is 0. The standard InChI is InChI=1S/C42H74NO9P/c1-6-8-9-10-11-12-16-21-24-27-30-34-42(46)52-40(38-51-53(47,48)50-36-35-43(3,4)5)37-49-41(45)33-29-26-23-20-18-15-13-14-17-19-22-25-28-32-39(44)31-7-2/h10-11,13,15,17,19-20,23,25,28,39-40,44H,6-9,12,14,16,18,21-22,24,26-27,29-38H2,1-5H3/p+1/b11-10-,15-13-,19-17-,23-20-,28-25-/t39?,40-/m1/s1. The fraction of sp³-hybridized carbons (Fsp3) is 0.714. The van der Waals surface area contributed by atoms with Crippen LogP contribution >= 0.6 is 7.82 Å². The third-order valence-corrected chi connectivity index (χ3v) is 9.06. The Kier molecular flexibility index (Phi) is 32.7. The zero-order chi connectivity index (χ0) is 39.5. The number of quaternary nitrogens is 1. The van der Waals surface area contributed by atoms with Crippen molar-refractivity contribution in [2.45, 2.75) is 148 Å². The van der Waals surface area contributed by atoms with E-state index in [1.807, 2.05) is 33.3 Å². The molecule has 53 heavy (non-hydrogen) atoms. The van der Waals surface area contributed by atoms with Crippen LogP contribution in [0.4, 0.5) is 0 Å². The maximum Gasteiger partial charge on any atom is 0.472 e. The normalized spacial score (nSPS) is 14.9. The quantitative estimate of drug-likeness (QED) is 0.0213. The highest BCUT2D eigenvalue weighted by atomic mass is 31.2. The van der Waals surface area contributed by atoms with Gasteiger partial charge in [-0.05, 0) is 70.6 Å². The van der Waals surface area contributed by atoms with E-state index < -0.39 is 32.5 Å². The van der Waals surface area contributed by atoms with E-state index in [1.54, 1.807) is 0 Å². The summed E-state index contributed by atoms with van der Waals surface area (Å²) in [5, 5.41) is 9.72. The van der Waals surface area contributed by atoms with Crippen molar-refractivity contribution in [1.29, 1.82) is 0 Å². The molecule has 0 saturated heterocycles. The highest BCUT2D eigenvalue weighted by Gasteiger charge is 2.27. The van der Waals surface area contributed by atoms with E-state index in [4.69, 9.17) is 18.5 Å². The molecule has 0 aromatic heterocycles. The third kappa shape index (κ3) is 37.8. The number of likely N-dealkylation sites (N-methyl/N-ethyl adjacent to an activating group) is 1. The Morgan fingerprint density at radius 3 is 1.85 bits per heavy atom. The van der Waals surface area contributed by atoms with Gasteiger partial charge in [0.1, 0.15) is 19.8 Å². The van der Waals surface area contributed by atoms with Gasteiger partial charge in [-0.25, -0.2) is 4.57 Å². The van der Waals surface area contributed by atoms with Gasteiger partial charge in [-0.15, -0.1) is 0 Å². The number of aliphatic hydroxyl groups excluding tert-OH is 1. The number of esters is 2. The minimum atomic E-state index is -4.39. The predicted octanol–water partition coefficient (Wildman–Crippen LogP) is 9.87. The first-order valence-electron chi connectivity index (χ1n) is 20.1. The molecule has 0 aromatic rings. The maximum atomic E-state index is 12.6. The monoisotopic (exact) mass is 769 g/mol. The molecule has 0 radical (unpaired) electrons. The molecule has 2 unspecified atom stereocenters. The number of hydrogen-bond acceptors (Lipinski definition) is 8. The average Bonchev–Trinajstić information content (AvgIpc) is 3.09. The lowest BCUT2D eigenvalue weighted by atomic mass is 10.1. The Morgan fingerprint density at radius 1 is 0.660 bits per heavy atom. The minimum absolute atomic E-state index is 0.0128. The molecule has 3 atom stereocenters. The van der Waals surface area contributed by atoms with Gasteiger partial charge < -0.3 is 24.0 Å². The van der Waals surface area contributed by atoms with Crippen molar-refractivity contribution in [3.63, 3.8) is 0 Å². The second kappa shape index (κ2) is 34.2. The number of allylic oxidation sites excluding steroid dienone is 9. The van der Waals surface area contributed by atoms with Crippen molar-refractivity contribution in [2.75, 3.05) is 47.5 Å². The van der Waals surface area contributed by atoms with Gasteiger partial charge in [-0.3, -0.25) is 18.6 Å². The lowest BCUT2D eigenvalue weighted by Crippen LogP contribution is -2.37. The lowest BCUT2D eigenvalue weighted by molar-refractivity contribution is -0.870. The van der Waals surface area contributed by atoms with Crippen molar-refractivity contribution in [1.82, 2.24) is 0 Å². The van der Waals surface area contributed by atoms with Crippen molar-refractivity contribution >= 4 is 19.8 Å². The van der Waals surface area contributed by atoms with Gasteiger partial charge in [0.25, 0.3) is 0 Å². The summed E-state index contributed by atoms with van der Waals surface area (Å²) in [5.74, 6) is -0.904. The van der Waals surface area contributed by atoms with Crippen molar-refractivity contribution in [3.8, 4) is 0 Å². The average molecular weight is 769 g/mol. The predicted molar refractivity (Wildman–Crippen MR) is 216 cm³/mol. The molecule has 0 amide bonds. The van der Waals surface area contributed by atoms with Crippen molar-refractivity contribution in [2.24, 2.45) is 0 Å². The number of phosphoric ester groups is 1. The van der Waals surface area contributed by atoms with Crippen molar-refractivity contribution < 1.29 is 47.2 Å². The van der Waals surface area contributed by atoms with E-state index in [1.165, 1.54) is 12.8 Å². The second-order valence-corrected chi connectivity index (χ2v) is 15.9. The number of rotatable bonds is 35. The third-order valence-electron chi connectivity index (χ3n) is 8.08. The van der Waals surface area contributed by atoms with E-state index in [9.17, 15) is 24.2 Å². The molecule has 0 heterocycles. The number of aliphatic hydroxyl groups is 1. The highest BCUT2D eigenvalue weighted by Crippen LogP contribution is 2.43. The largest absolute Gasteiger partial charge is 0.472 e. The van der Waals surface area contributed by atoms with Gasteiger partial charge >= 0.3 is 19.8 Å². The van der Waals surface area contributed by atoms with E-state index >= 15 is 0 Å². The maximum absolute atomic E-state index is 12.6. The van der Waals surface area contributed by atoms with Gasteiger partial charge in [0, 0.05) is 12.8 Å². The first kappa shape index (κ1) is 50.7. The molecular weight excluding hydrogens is 693 g/mol. The molecule has 0 aromatic carbocycles. The molecule has 0 saturated carbocycles. The fourth-order valence-electron chi connectivity index (χ4n) is 4.88. The highest BCUT2D eigenvalue weighted by molar-refractivity contribution is 7.47. The van der Waals surface area contributed by atoms with Crippen LogP contribution in [0.2, 0.25) is 0 Å². The van der Waals surface area contributed by atoms with Gasteiger partial charge in [-0.2, -0.15) is 0 Å². The number of carbonyl (C=O) groups is 2. The first-order valence-corrected chi connectivity index (χ1v) is 21.6. The SMILES string of the molecule is CCCC/C=C\CCCCCCCC(=O)O[C@H](COC(=O)CCC/C=C\C/C=C\C/C=C\C/C=C\CC(O)CCC)COP(=O)(O)OCC[N+](C)(C)C. The number of hydrogen-bond donors (Lipinski definition) is 2. The summed E-state index contributed by atoms with van der Waals surface area (Å²) in [5.41, 5.74) is 0. The molecule has 0 rings (SSSR count). The molecule has 0 aliphatic rings. The van der Waals surface area contributed by atoms with Crippen LogP contribution in [0.15, 0.2) is 60.8 Å². The van der Waals surface area contributed by atoms with Crippen LogP contribution in [0, 0.1) is 0 Å². The minimum Gasteiger partial charge on any atom is -0.462 e. The number of phosphoric acid groups is 1. The van der Waals surface area contributed by atoms with Gasteiger partial charge in [0.05, 0.1) is 33.9 Å². The van der Waals surface area contributed by atoms with Crippen LogP contribution in [0.5, 0.6) is 0 Å². The molecule has 0 fully saturated rings. The van der Waals surface area contributed by atoms with E-state index in [0.717, 1.165) is 77.0 Å². The smallest absolute Gasteiger partial charge is 0.462 e. The van der Waals surface area contributed by atoms with Gasteiger partial charge in [0.15, 0.2) is 6.10 Å². The molecule has 0 spiro atoms. The molecular formula is C42H75NO9P+. The fourth-order valence-corrected chi connectivity index (χ4v) is 5.62.